The van der Waals surface area contributed by atoms with Crippen LogP contribution in [0.1, 0.15) is 40.8 Å². The van der Waals surface area contributed by atoms with Crippen LogP contribution in [-0.2, 0) is 0 Å². The van der Waals surface area contributed by atoms with Gasteiger partial charge in [0.15, 0.2) is 0 Å². The molecule has 4 rings (SSSR count). The number of amides is 1. The largest absolute Gasteiger partial charge is 0.384 e. The van der Waals surface area contributed by atoms with Crippen molar-refractivity contribution in [2.75, 3.05) is 12.3 Å². The van der Waals surface area contributed by atoms with Crippen molar-refractivity contribution >= 4 is 11.7 Å². The maximum absolute atomic E-state index is 12.8. The van der Waals surface area contributed by atoms with Crippen LogP contribution in [0.5, 0.6) is 0 Å². The molecule has 1 amide bonds. The van der Waals surface area contributed by atoms with E-state index in [1.807, 2.05) is 36.2 Å². The molecule has 136 valence electrons. The third-order valence-corrected chi connectivity index (χ3v) is 4.76. The number of hydrogen-bond acceptors (Lipinski definition) is 6. The molecule has 0 spiro atoms. The number of aryl methyl sites for hydroxylation is 1. The topological polar surface area (TPSA) is 97.9 Å². The van der Waals surface area contributed by atoms with Crippen molar-refractivity contribution in [1.82, 2.24) is 24.8 Å². The minimum Gasteiger partial charge on any atom is -0.384 e. The number of nitrogens with two attached hydrogens (primary N) is 1. The van der Waals surface area contributed by atoms with E-state index in [2.05, 4.69) is 19.9 Å². The second-order valence-corrected chi connectivity index (χ2v) is 6.64. The molecular weight excluding hydrogens is 340 g/mol. The van der Waals surface area contributed by atoms with Crippen molar-refractivity contribution in [2.45, 2.75) is 25.8 Å². The average molecular weight is 360 g/mol. The van der Waals surface area contributed by atoms with Crippen LogP contribution in [0.2, 0.25) is 0 Å². The van der Waals surface area contributed by atoms with Gasteiger partial charge in [-0.3, -0.25) is 14.8 Å². The van der Waals surface area contributed by atoms with E-state index in [1.165, 1.54) is 6.20 Å². The Morgan fingerprint density at radius 2 is 1.78 bits per heavy atom. The normalized spacial score (nSPS) is 16.5. The Bertz CT molecular complexity index is 938. The summed E-state index contributed by atoms with van der Waals surface area (Å²) in [6.45, 7) is 2.55. The Labute approximate surface area is 157 Å². The molecule has 4 heterocycles. The molecule has 7 nitrogen and oxygen atoms in total. The van der Waals surface area contributed by atoms with Gasteiger partial charge in [0.1, 0.15) is 11.5 Å². The van der Waals surface area contributed by atoms with Gasteiger partial charge in [-0.25, -0.2) is 9.97 Å². The SMILES string of the molecule is Cc1cnc(C(=O)N2CCC[C@@H]2c2ccc(-c3ccc(N)nc3)cn2)cn1. The lowest BCUT2D eigenvalue weighted by molar-refractivity contribution is 0.0726. The summed E-state index contributed by atoms with van der Waals surface area (Å²) in [7, 11) is 0. The molecule has 7 heteroatoms. The summed E-state index contributed by atoms with van der Waals surface area (Å²) >= 11 is 0. The van der Waals surface area contributed by atoms with Gasteiger partial charge >= 0.3 is 0 Å². The van der Waals surface area contributed by atoms with E-state index < -0.39 is 0 Å². The Morgan fingerprint density at radius 3 is 2.41 bits per heavy atom. The van der Waals surface area contributed by atoms with Crippen LogP contribution >= 0.6 is 0 Å². The maximum atomic E-state index is 12.8. The Morgan fingerprint density at radius 1 is 1.00 bits per heavy atom. The maximum Gasteiger partial charge on any atom is 0.274 e. The number of nitrogens with zero attached hydrogens (tertiary/aromatic N) is 5. The van der Waals surface area contributed by atoms with Crippen LogP contribution in [0, 0.1) is 6.92 Å². The highest BCUT2D eigenvalue weighted by molar-refractivity contribution is 5.92. The summed E-state index contributed by atoms with van der Waals surface area (Å²) in [5.41, 5.74) is 9.60. The van der Waals surface area contributed by atoms with E-state index in [9.17, 15) is 4.79 Å². The minimum atomic E-state index is -0.0985. The molecule has 0 bridgehead atoms. The fourth-order valence-corrected chi connectivity index (χ4v) is 3.32. The van der Waals surface area contributed by atoms with Crippen LogP contribution < -0.4 is 5.73 Å². The van der Waals surface area contributed by atoms with Crippen LogP contribution in [-0.4, -0.2) is 37.3 Å². The molecule has 3 aromatic rings. The first kappa shape index (κ1) is 17.1. The molecule has 1 aliphatic heterocycles. The average Bonchev–Trinajstić information content (AvgIpc) is 3.19. The quantitative estimate of drug-likeness (QED) is 0.771. The summed E-state index contributed by atoms with van der Waals surface area (Å²) in [5.74, 6) is 0.390. The minimum absolute atomic E-state index is 0.0424. The van der Waals surface area contributed by atoms with Gasteiger partial charge in [0.25, 0.3) is 5.91 Å². The first-order chi connectivity index (χ1) is 13.1. The van der Waals surface area contributed by atoms with Crippen molar-refractivity contribution in [1.29, 1.82) is 0 Å². The van der Waals surface area contributed by atoms with Crippen LogP contribution in [0.15, 0.2) is 49.1 Å². The van der Waals surface area contributed by atoms with Crippen molar-refractivity contribution < 1.29 is 4.79 Å². The highest BCUT2D eigenvalue weighted by atomic mass is 16.2. The third kappa shape index (κ3) is 3.48. The summed E-state index contributed by atoms with van der Waals surface area (Å²) in [6.07, 6.45) is 8.54. The molecule has 1 aliphatic rings. The highest BCUT2D eigenvalue weighted by Crippen LogP contribution is 2.32. The molecule has 3 aromatic heterocycles. The lowest BCUT2D eigenvalue weighted by Gasteiger charge is -2.24. The van der Waals surface area contributed by atoms with Crippen LogP contribution in [0.25, 0.3) is 11.1 Å². The van der Waals surface area contributed by atoms with Crippen molar-refractivity contribution in [3.63, 3.8) is 0 Å². The van der Waals surface area contributed by atoms with Gasteiger partial charge in [-0.2, -0.15) is 0 Å². The second-order valence-electron chi connectivity index (χ2n) is 6.64. The molecular formula is C20H20N6O. The number of anilines is 1. The van der Waals surface area contributed by atoms with E-state index in [0.29, 0.717) is 18.1 Å². The summed E-state index contributed by atoms with van der Waals surface area (Å²) < 4.78 is 0. The van der Waals surface area contributed by atoms with E-state index in [4.69, 9.17) is 5.73 Å². The number of likely N-dealkylation sites (tertiary alicyclic amines) is 1. The van der Waals surface area contributed by atoms with Gasteiger partial charge in [0.2, 0.25) is 0 Å². The van der Waals surface area contributed by atoms with Gasteiger partial charge in [0.05, 0.1) is 23.6 Å². The Balaban J connectivity index is 1.55. The first-order valence-corrected chi connectivity index (χ1v) is 8.89. The number of carbonyl (C=O) groups is 1. The molecule has 1 saturated heterocycles. The monoisotopic (exact) mass is 360 g/mol. The molecule has 0 aliphatic carbocycles. The van der Waals surface area contributed by atoms with Crippen LogP contribution in [0.4, 0.5) is 5.82 Å². The van der Waals surface area contributed by atoms with Crippen molar-refractivity contribution in [3.05, 3.63) is 66.1 Å². The zero-order valence-corrected chi connectivity index (χ0v) is 15.0. The molecule has 0 saturated carbocycles. The fraction of sp³-hybridized carbons (Fsp3) is 0.250. The molecule has 0 radical (unpaired) electrons. The van der Waals surface area contributed by atoms with Gasteiger partial charge in [-0.1, -0.05) is 6.07 Å². The number of rotatable bonds is 3. The van der Waals surface area contributed by atoms with Crippen LogP contribution in [0.3, 0.4) is 0 Å². The van der Waals surface area contributed by atoms with E-state index in [1.54, 1.807) is 18.5 Å². The molecule has 27 heavy (non-hydrogen) atoms. The zero-order chi connectivity index (χ0) is 18.8. The first-order valence-electron chi connectivity index (χ1n) is 8.89. The number of hydrogen-bond donors (Lipinski definition) is 1. The summed E-state index contributed by atoms with van der Waals surface area (Å²) in [6, 6.07) is 7.62. The molecule has 0 aromatic carbocycles. The van der Waals surface area contributed by atoms with E-state index in [-0.39, 0.29) is 11.9 Å². The van der Waals surface area contributed by atoms with Gasteiger partial charge < -0.3 is 10.6 Å². The molecule has 0 unspecified atom stereocenters. The van der Waals surface area contributed by atoms with Gasteiger partial charge in [-0.15, -0.1) is 0 Å². The number of pyridine rings is 2. The van der Waals surface area contributed by atoms with Crippen molar-refractivity contribution in [3.8, 4) is 11.1 Å². The third-order valence-electron chi connectivity index (χ3n) is 4.76. The smallest absolute Gasteiger partial charge is 0.274 e. The second kappa shape index (κ2) is 7.11. The predicted octanol–water partition coefficient (Wildman–Crippen LogP) is 2.80. The number of aromatic nitrogens is 4. The van der Waals surface area contributed by atoms with Gasteiger partial charge in [0, 0.05) is 36.3 Å². The van der Waals surface area contributed by atoms with Crippen molar-refractivity contribution in [2.24, 2.45) is 0 Å². The fourth-order valence-electron chi connectivity index (χ4n) is 3.32. The summed E-state index contributed by atoms with van der Waals surface area (Å²) in [5, 5.41) is 0. The predicted molar refractivity (Wildman–Crippen MR) is 102 cm³/mol. The number of carbonyl (C=O) groups excluding carboxylic acids is 1. The number of nitrogen functional groups attached to an aromatic ring is 1. The highest BCUT2D eigenvalue weighted by Gasteiger charge is 2.32. The standard InChI is InChI=1S/C20H20N6O/c1-13-9-23-17(12-22-13)20(27)26-8-2-3-18(26)16-6-4-14(10-24-16)15-5-7-19(21)25-11-15/h4-7,9-12,18H,2-3,8H2,1H3,(H2,21,25)/t18-/m1/s1. The molecule has 1 fully saturated rings. The lowest BCUT2D eigenvalue weighted by atomic mass is 10.1. The molecule has 2 N–H and O–H groups in total. The van der Waals surface area contributed by atoms with Gasteiger partial charge in [-0.05, 0) is 38.0 Å². The Hall–Kier alpha value is -3.35. The zero-order valence-electron chi connectivity index (χ0n) is 15.0. The van der Waals surface area contributed by atoms with E-state index >= 15 is 0 Å². The van der Waals surface area contributed by atoms with E-state index in [0.717, 1.165) is 35.4 Å². The summed E-state index contributed by atoms with van der Waals surface area (Å²) in [4.78, 5) is 31.8. The Kier molecular flexibility index (Phi) is 4.50. The molecule has 1 atom stereocenters. The lowest BCUT2D eigenvalue weighted by Crippen LogP contribution is -2.31.